The molecule has 0 aliphatic carbocycles. The lowest BCUT2D eigenvalue weighted by molar-refractivity contribution is 0.0977. The zero-order chi connectivity index (χ0) is 27.2. The number of aromatic nitrogens is 4. The first-order chi connectivity index (χ1) is 17.7. The van der Waals surface area contributed by atoms with Gasteiger partial charge in [0, 0.05) is 51.4 Å². The molecule has 0 aliphatic heterocycles. The summed E-state index contributed by atoms with van der Waals surface area (Å²) in [6.45, 7) is 4.20. The quantitative estimate of drug-likeness (QED) is 0.190. The first kappa shape index (κ1) is 30.4. The molecule has 0 aromatic carbocycles. The van der Waals surface area contributed by atoms with Gasteiger partial charge in [0.25, 0.3) is 5.24 Å². The van der Waals surface area contributed by atoms with E-state index in [1.54, 1.807) is 30.6 Å². The predicted molar refractivity (Wildman–Crippen MR) is 153 cm³/mol. The van der Waals surface area contributed by atoms with E-state index in [1.165, 1.54) is 0 Å². The van der Waals surface area contributed by atoms with Crippen LogP contribution in [0, 0.1) is 13.8 Å². The Morgan fingerprint density at radius 1 is 0.784 bits per heavy atom. The van der Waals surface area contributed by atoms with E-state index in [9.17, 15) is 9.59 Å². The zero-order valence-electron chi connectivity index (χ0n) is 20.4. The number of hydrogen-bond donors (Lipinski definition) is 1. The van der Waals surface area contributed by atoms with Crippen LogP contribution in [0.15, 0.2) is 82.0 Å². The summed E-state index contributed by atoms with van der Waals surface area (Å²) in [5, 5.41) is -0.510. The van der Waals surface area contributed by atoms with Gasteiger partial charge in [0.15, 0.2) is 5.78 Å². The van der Waals surface area contributed by atoms with Gasteiger partial charge in [0.05, 0.1) is 5.69 Å². The molecular formula is C27H26Br2ClN5O2. The standard InChI is InChI=1S/C14H13BrN2O.C7H6ClNO.C6H7BrN2/c1-10-3-2-4-13(17-10)14(18)8-7-12-6-5-11(15)9-16-12;1-5-3-2-4-6(9-5)7(8)10;7-5-1-2-6(3-8)9-4-5/h2-6,9H,7-8H2,1H3;2-4H,1H3;1-2,4H,3,8H2. The van der Waals surface area contributed by atoms with E-state index >= 15 is 0 Å². The van der Waals surface area contributed by atoms with Crippen LogP contribution in [0.25, 0.3) is 0 Å². The van der Waals surface area contributed by atoms with Crippen molar-refractivity contribution >= 4 is 54.5 Å². The lowest BCUT2D eigenvalue weighted by atomic mass is 10.1. The van der Waals surface area contributed by atoms with E-state index in [4.69, 9.17) is 17.3 Å². The molecule has 4 aromatic heterocycles. The number of Topliss-reactive ketones (excluding diaryl/α,β-unsaturated/α-hetero) is 1. The first-order valence-corrected chi connectivity index (χ1v) is 13.2. The largest absolute Gasteiger partial charge is 0.325 e. The Morgan fingerprint density at radius 3 is 1.73 bits per heavy atom. The van der Waals surface area contributed by atoms with E-state index in [2.05, 4.69) is 51.8 Å². The van der Waals surface area contributed by atoms with Gasteiger partial charge in [-0.25, -0.2) is 4.98 Å². The number of pyridine rings is 4. The highest BCUT2D eigenvalue weighted by atomic mass is 79.9. The van der Waals surface area contributed by atoms with Gasteiger partial charge in [-0.2, -0.15) is 0 Å². The van der Waals surface area contributed by atoms with Crippen molar-refractivity contribution < 1.29 is 9.59 Å². The summed E-state index contributed by atoms with van der Waals surface area (Å²) in [5.41, 5.74) is 9.66. The lowest BCUT2D eigenvalue weighted by Crippen LogP contribution is -2.05. The van der Waals surface area contributed by atoms with Crippen LogP contribution >= 0.6 is 43.5 Å². The van der Waals surface area contributed by atoms with Crippen LogP contribution in [0.5, 0.6) is 0 Å². The molecule has 0 atom stereocenters. The van der Waals surface area contributed by atoms with Crippen molar-refractivity contribution in [2.75, 3.05) is 0 Å². The Hall–Kier alpha value is -2.85. The predicted octanol–water partition coefficient (Wildman–Crippen LogP) is 6.43. The van der Waals surface area contributed by atoms with E-state index in [0.717, 1.165) is 31.7 Å². The first-order valence-electron chi connectivity index (χ1n) is 11.2. The maximum absolute atomic E-state index is 11.9. The van der Waals surface area contributed by atoms with Crippen LogP contribution in [0.4, 0.5) is 0 Å². The van der Waals surface area contributed by atoms with Gasteiger partial charge in [-0.3, -0.25) is 24.5 Å². The normalized spacial score (nSPS) is 9.89. The summed E-state index contributed by atoms with van der Waals surface area (Å²) < 4.78 is 1.93. The number of nitrogens with two attached hydrogens (primary N) is 1. The Balaban J connectivity index is 0.000000214. The molecule has 0 fully saturated rings. The van der Waals surface area contributed by atoms with Crippen LogP contribution in [-0.2, 0) is 13.0 Å². The van der Waals surface area contributed by atoms with E-state index < -0.39 is 5.24 Å². The third kappa shape index (κ3) is 11.8. The van der Waals surface area contributed by atoms with Crippen LogP contribution in [-0.4, -0.2) is 31.0 Å². The fraction of sp³-hybridized carbons (Fsp3) is 0.185. The molecule has 0 amide bonds. The third-order valence-electron chi connectivity index (χ3n) is 4.66. The van der Waals surface area contributed by atoms with Gasteiger partial charge in [-0.15, -0.1) is 0 Å². The minimum absolute atomic E-state index is 0.0587. The highest BCUT2D eigenvalue weighted by Gasteiger charge is 2.08. The van der Waals surface area contributed by atoms with Gasteiger partial charge in [0.1, 0.15) is 11.4 Å². The number of nitrogens with zero attached hydrogens (tertiary/aromatic N) is 4. The number of carbonyl (C=O) groups excluding carboxylic acids is 2. The zero-order valence-corrected chi connectivity index (χ0v) is 24.3. The molecule has 0 aliphatic rings. The van der Waals surface area contributed by atoms with Gasteiger partial charge in [-0.05, 0) is 112 Å². The molecule has 0 unspecified atom stereocenters. The maximum atomic E-state index is 11.9. The fourth-order valence-corrected chi connectivity index (χ4v) is 3.38. The summed E-state index contributed by atoms with van der Waals surface area (Å²) in [6.07, 6.45) is 4.56. The molecule has 0 radical (unpaired) electrons. The SMILES string of the molecule is Cc1cccc(C(=O)CCc2ccc(Br)cn2)n1.Cc1cccc(C(=O)Cl)n1.NCc1ccc(Br)cn1. The van der Waals surface area contributed by atoms with Gasteiger partial charge < -0.3 is 5.73 Å². The fourth-order valence-electron chi connectivity index (χ4n) is 2.80. The summed E-state index contributed by atoms with van der Waals surface area (Å²) in [5.74, 6) is 0.0587. The molecule has 0 spiro atoms. The van der Waals surface area contributed by atoms with Crippen LogP contribution in [0.1, 0.15) is 50.2 Å². The van der Waals surface area contributed by atoms with E-state index in [0.29, 0.717) is 30.8 Å². The number of ketones is 1. The number of halogens is 3. The molecule has 7 nitrogen and oxygen atoms in total. The van der Waals surface area contributed by atoms with Crippen LogP contribution in [0.3, 0.4) is 0 Å². The highest BCUT2D eigenvalue weighted by Crippen LogP contribution is 2.10. The number of rotatable bonds is 6. The van der Waals surface area contributed by atoms with Crippen molar-refractivity contribution in [1.82, 2.24) is 19.9 Å². The second-order valence-electron chi connectivity index (χ2n) is 7.66. The molecule has 0 saturated carbocycles. The molecule has 4 rings (SSSR count). The average molecular weight is 648 g/mol. The summed E-state index contributed by atoms with van der Waals surface area (Å²) in [7, 11) is 0. The van der Waals surface area contributed by atoms with Crippen LogP contribution in [0.2, 0.25) is 0 Å². The summed E-state index contributed by atoms with van der Waals surface area (Å²) >= 11 is 11.8. The monoisotopic (exact) mass is 645 g/mol. The van der Waals surface area contributed by atoms with Gasteiger partial charge in [-0.1, -0.05) is 12.1 Å². The summed E-state index contributed by atoms with van der Waals surface area (Å²) in [4.78, 5) is 38.8. The smallest absolute Gasteiger partial charge is 0.270 e. The minimum Gasteiger partial charge on any atom is -0.325 e. The van der Waals surface area contributed by atoms with Gasteiger partial charge >= 0.3 is 0 Å². The molecule has 4 aromatic rings. The molecular weight excluding hydrogens is 622 g/mol. The van der Waals surface area contributed by atoms with Crippen molar-refractivity contribution in [3.05, 3.63) is 116 Å². The second-order valence-corrected chi connectivity index (χ2v) is 9.84. The average Bonchev–Trinajstić information content (AvgIpc) is 2.89. The van der Waals surface area contributed by atoms with E-state index in [1.807, 2.05) is 56.3 Å². The molecule has 0 saturated heterocycles. The second kappa shape index (κ2) is 16.1. The summed E-state index contributed by atoms with van der Waals surface area (Å²) in [6, 6.07) is 18.3. The minimum atomic E-state index is -0.510. The molecule has 2 N–H and O–H groups in total. The van der Waals surface area contributed by atoms with Crippen LogP contribution < -0.4 is 5.73 Å². The van der Waals surface area contributed by atoms with Crippen molar-refractivity contribution in [2.45, 2.75) is 33.2 Å². The number of carbonyl (C=O) groups is 2. The van der Waals surface area contributed by atoms with Crippen molar-refractivity contribution in [1.29, 1.82) is 0 Å². The molecule has 0 bridgehead atoms. The number of hydrogen-bond acceptors (Lipinski definition) is 7. The Labute approximate surface area is 238 Å². The molecule has 192 valence electrons. The third-order valence-corrected chi connectivity index (χ3v) is 5.79. The Morgan fingerprint density at radius 2 is 1.30 bits per heavy atom. The van der Waals surface area contributed by atoms with E-state index in [-0.39, 0.29) is 5.78 Å². The van der Waals surface area contributed by atoms with Crippen molar-refractivity contribution in [3.8, 4) is 0 Å². The number of aryl methyl sites for hydroxylation is 3. The van der Waals surface area contributed by atoms with Gasteiger partial charge in [0.2, 0.25) is 0 Å². The molecule has 10 heteroatoms. The van der Waals surface area contributed by atoms with Crippen molar-refractivity contribution in [3.63, 3.8) is 0 Å². The highest BCUT2D eigenvalue weighted by molar-refractivity contribution is 9.10. The van der Waals surface area contributed by atoms with Crippen molar-refractivity contribution in [2.24, 2.45) is 5.73 Å². The Bertz CT molecular complexity index is 1300. The Kier molecular flexibility index (Phi) is 13.2. The lowest BCUT2D eigenvalue weighted by Gasteiger charge is -2.02. The maximum Gasteiger partial charge on any atom is 0.270 e. The molecule has 37 heavy (non-hydrogen) atoms. The topological polar surface area (TPSA) is 112 Å². The molecule has 4 heterocycles.